The van der Waals surface area contributed by atoms with Gasteiger partial charge in [-0.2, -0.15) is 0 Å². The first-order chi connectivity index (χ1) is 16.8. The Hall–Kier alpha value is -3.79. The molecule has 5 rings (SSSR count). The minimum atomic E-state index is 0.632. The maximum Gasteiger partial charge on any atom is 0.143 e. The number of methoxy groups -OCH3 is 1. The molecule has 2 heterocycles. The molecule has 0 bridgehead atoms. The van der Waals surface area contributed by atoms with Gasteiger partial charge in [0.05, 0.1) is 30.8 Å². The van der Waals surface area contributed by atoms with Gasteiger partial charge in [0.25, 0.3) is 0 Å². The van der Waals surface area contributed by atoms with Crippen LogP contribution in [0, 0.1) is 0 Å². The van der Waals surface area contributed by atoms with Gasteiger partial charge in [0.15, 0.2) is 0 Å². The van der Waals surface area contributed by atoms with Gasteiger partial charge in [0, 0.05) is 29.8 Å². The molecule has 34 heavy (non-hydrogen) atoms. The number of rotatable bonds is 7. The van der Waals surface area contributed by atoms with E-state index in [2.05, 4.69) is 71.6 Å². The molecule has 0 amide bonds. The molecule has 4 aromatic rings. The molecule has 0 N–H and O–H groups in total. The fourth-order valence-corrected chi connectivity index (χ4v) is 4.69. The van der Waals surface area contributed by atoms with Crippen molar-refractivity contribution in [3.05, 3.63) is 84.9 Å². The Morgan fingerprint density at radius 1 is 0.765 bits per heavy atom. The molecule has 1 aromatic heterocycles. The number of aromatic nitrogens is 1. The van der Waals surface area contributed by atoms with Gasteiger partial charge in [0.2, 0.25) is 0 Å². The minimum Gasteiger partial charge on any atom is -0.497 e. The average molecular weight is 451 g/mol. The lowest BCUT2D eigenvalue weighted by Crippen LogP contribution is -2.20. The first kappa shape index (κ1) is 22.0. The Kier molecular flexibility index (Phi) is 6.48. The Bertz CT molecular complexity index is 1250. The molecule has 0 aliphatic carbocycles. The molecule has 1 aliphatic heterocycles. The number of hydrogen-bond acceptors (Lipinski definition) is 4. The second kappa shape index (κ2) is 10.0. The third-order valence-electron chi connectivity index (χ3n) is 6.34. The molecule has 1 saturated heterocycles. The number of nitrogens with zero attached hydrogens (tertiary/aromatic N) is 2. The largest absolute Gasteiger partial charge is 0.497 e. The Morgan fingerprint density at radius 3 is 2.24 bits per heavy atom. The number of pyridine rings is 1. The lowest BCUT2D eigenvalue weighted by molar-refractivity contribution is 0.341. The van der Waals surface area contributed by atoms with Gasteiger partial charge in [-0.05, 0) is 49.6 Å². The van der Waals surface area contributed by atoms with Crippen LogP contribution in [0.3, 0.4) is 0 Å². The molecule has 0 atom stereocenters. The van der Waals surface area contributed by atoms with E-state index in [9.17, 15) is 0 Å². The fraction of sp³-hybridized carbons (Fsp3) is 0.233. The summed E-state index contributed by atoms with van der Waals surface area (Å²) < 4.78 is 11.5. The first-order valence-corrected chi connectivity index (χ1v) is 12.0. The van der Waals surface area contributed by atoms with Crippen LogP contribution < -0.4 is 14.4 Å². The van der Waals surface area contributed by atoms with Crippen molar-refractivity contribution in [1.82, 2.24) is 4.98 Å². The van der Waals surface area contributed by atoms with Crippen molar-refractivity contribution in [2.24, 2.45) is 0 Å². The lowest BCUT2D eigenvalue weighted by Gasteiger charge is -2.25. The highest BCUT2D eigenvalue weighted by molar-refractivity contribution is 5.91. The Labute approximate surface area is 201 Å². The van der Waals surface area contributed by atoms with Crippen molar-refractivity contribution in [1.29, 1.82) is 0 Å². The summed E-state index contributed by atoms with van der Waals surface area (Å²) in [7, 11) is 1.69. The highest BCUT2D eigenvalue weighted by Gasteiger charge is 2.24. The second-order valence-electron chi connectivity index (χ2n) is 8.47. The van der Waals surface area contributed by atoms with Crippen LogP contribution in [0.25, 0.3) is 33.6 Å². The van der Waals surface area contributed by atoms with E-state index in [4.69, 9.17) is 14.5 Å². The first-order valence-electron chi connectivity index (χ1n) is 12.0. The zero-order valence-electron chi connectivity index (χ0n) is 19.8. The van der Waals surface area contributed by atoms with E-state index >= 15 is 0 Å². The van der Waals surface area contributed by atoms with Crippen molar-refractivity contribution in [2.45, 2.75) is 19.8 Å². The highest BCUT2D eigenvalue weighted by atomic mass is 16.5. The van der Waals surface area contributed by atoms with E-state index in [0.717, 1.165) is 63.9 Å². The fourth-order valence-electron chi connectivity index (χ4n) is 4.69. The van der Waals surface area contributed by atoms with E-state index in [0.29, 0.717) is 6.61 Å². The van der Waals surface area contributed by atoms with Gasteiger partial charge in [0.1, 0.15) is 11.5 Å². The van der Waals surface area contributed by atoms with Crippen LogP contribution in [0.2, 0.25) is 0 Å². The number of hydrogen-bond donors (Lipinski definition) is 0. The number of benzene rings is 3. The second-order valence-corrected chi connectivity index (χ2v) is 8.47. The number of ether oxygens (including phenoxy) is 2. The summed E-state index contributed by atoms with van der Waals surface area (Å²) in [6, 6.07) is 29.2. The number of anilines is 1. The Morgan fingerprint density at radius 2 is 1.53 bits per heavy atom. The summed E-state index contributed by atoms with van der Waals surface area (Å²) in [4.78, 5) is 7.71. The quantitative estimate of drug-likeness (QED) is 0.301. The molecule has 1 fully saturated rings. The van der Waals surface area contributed by atoms with Crippen molar-refractivity contribution < 1.29 is 9.47 Å². The summed E-state index contributed by atoms with van der Waals surface area (Å²) in [6.45, 7) is 4.74. The van der Waals surface area contributed by atoms with Gasteiger partial charge in [-0.25, -0.2) is 4.98 Å². The molecule has 4 nitrogen and oxygen atoms in total. The van der Waals surface area contributed by atoms with E-state index < -0.39 is 0 Å². The molecular weight excluding hydrogens is 420 g/mol. The van der Waals surface area contributed by atoms with Crippen molar-refractivity contribution in [3.63, 3.8) is 0 Å². The molecule has 0 radical (unpaired) electrons. The van der Waals surface area contributed by atoms with Crippen LogP contribution >= 0.6 is 0 Å². The monoisotopic (exact) mass is 450 g/mol. The van der Waals surface area contributed by atoms with E-state index in [1.165, 1.54) is 12.8 Å². The summed E-state index contributed by atoms with van der Waals surface area (Å²) >= 11 is 0. The van der Waals surface area contributed by atoms with Crippen molar-refractivity contribution in [2.75, 3.05) is 31.7 Å². The molecular formula is C30H30N2O2. The summed E-state index contributed by atoms with van der Waals surface area (Å²) in [5, 5.41) is 0. The average Bonchev–Trinajstić information content (AvgIpc) is 3.44. The zero-order chi connectivity index (χ0) is 23.3. The van der Waals surface area contributed by atoms with E-state index in [-0.39, 0.29) is 0 Å². The molecule has 0 unspecified atom stereocenters. The van der Waals surface area contributed by atoms with Crippen LogP contribution in [-0.4, -0.2) is 31.8 Å². The smallest absolute Gasteiger partial charge is 0.143 e. The third kappa shape index (κ3) is 4.36. The highest BCUT2D eigenvalue weighted by Crippen LogP contribution is 2.43. The van der Waals surface area contributed by atoms with Crippen LogP contribution in [0.15, 0.2) is 84.9 Å². The molecule has 0 spiro atoms. The normalized spacial score (nSPS) is 13.2. The lowest BCUT2D eigenvalue weighted by atomic mass is 9.96. The maximum absolute atomic E-state index is 6.12. The van der Waals surface area contributed by atoms with E-state index in [1.807, 2.05) is 25.1 Å². The van der Waals surface area contributed by atoms with Crippen molar-refractivity contribution in [3.8, 4) is 45.1 Å². The summed E-state index contributed by atoms with van der Waals surface area (Å²) in [5.74, 6) is 1.77. The molecule has 172 valence electrons. The zero-order valence-corrected chi connectivity index (χ0v) is 19.8. The van der Waals surface area contributed by atoms with Gasteiger partial charge >= 0.3 is 0 Å². The van der Waals surface area contributed by atoms with Crippen LogP contribution in [0.1, 0.15) is 19.8 Å². The van der Waals surface area contributed by atoms with Crippen LogP contribution in [0.4, 0.5) is 5.69 Å². The summed E-state index contributed by atoms with van der Waals surface area (Å²) in [5.41, 5.74) is 7.49. The predicted octanol–water partition coefficient (Wildman–Crippen LogP) is 7.09. The molecule has 0 saturated carbocycles. The van der Waals surface area contributed by atoms with Gasteiger partial charge in [-0.1, -0.05) is 60.7 Å². The van der Waals surface area contributed by atoms with Gasteiger partial charge < -0.3 is 14.4 Å². The van der Waals surface area contributed by atoms with Crippen LogP contribution in [0.5, 0.6) is 11.5 Å². The molecule has 1 aliphatic rings. The van der Waals surface area contributed by atoms with Gasteiger partial charge in [-0.15, -0.1) is 0 Å². The molecule has 3 aromatic carbocycles. The SMILES string of the molecule is CCOc1cccc(-c2nc(-c3ccccc3)ccc2-c2ccc(OC)cc2)c1N1CCCC1. The summed E-state index contributed by atoms with van der Waals surface area (Å²) in [6.07, 6.45) is 2.39. The maximum atomic E-state index is 6.12. The van der Waals surface area contributed by atoms with Gasteiger partial charge in [-0.3, -0.25) is 0 Å². The Balaban J connectivity index is 1.73. The minimum absolute atomic E-state index is 0.632. The topological polar surface area (TPSA) is 34.6 Å². The molecule has 4 heteroatoms. The van der Waals surface area contributed by atoms with Crippen molar-refractivity contribution >= 4 is 5.69 Å². The predicted molar refractivity (Wildman–Crippen MR) is 140 cm³/mol. The van der Waals surface area contributed by atoms with E-state index in [1.54, 1.807) is 7.11 Å². The third-order valence-corrected chi connectivity index (χ3v) is 6.34. The van der Waals surface area contributed by atoms with Crippen LogP contribution in [-0.2, 0) is 0 Å². The standard InChI is InChI=1S/C30H30N2O2/c1-3-34-28-13-9-12-26(30(28)32-20-7-8-21-32)29-25(22-14-16-24(33-2)17-15-22)18-19-27(31-29)23-10-5-4-6-11-23/h4-6,9-19H,3,7-8,20-21H2,1-2H3. The number of para-hydroxylation sites is 1.